The number of nitrogens with zero attached hydrogens (tertiary/aromatic N) is 3. The first-order chi connectivity index (χ1) is 20.6. The normalized spacial score (nSPS) is 19.9. The molecule has 11 heteroatoms. The number of rotatable bonds is 9. The van der Waals surface area contributed by atoms with Crippen LogP contribution in [0, 0.1) is 12.8 Å². The van der Waals surface area contributed by atoms with E-state index >= 15 is 0 Å². The first-order valence-corrected chi connectivity index (χ1v) is 18.3. The zero-order valence-corrected chi connectivity index (χ0v) is 27.0. The molecule has 1 saturated heterocycles. The Morgan fingerprint density at radius 2 is 1.28 bits per heavy atom. The van der Waals surface area contributed by atoms with Gasteiger partial charge in [0, 0.05) is 32.7 Å². The summed E-state index contributed by atoms with van der Waals surface area (Å²) >= 11 is 0. The number of hydrogen-bond donors (Lipinski definition) is 1. The van der Waals surface area contributed by atoms with Gasteiger partial charge in [-0.3, -0.25) is 0 Å². The van der Waals surface area contributed by atoms with Crippen LogP contribution in [0.25, 0.3) is 0 Å². The molecule has 1 saturated carbocycles. The quantitative estimate of drug-likeness (QED) is 0.411. The zero-order valence-electron chi connectivity index (χ0n) is 25.4. The smallest absolute Gasteiger partial charge is 0.243 e. The third-order valence-corrected chi connectivity index (χ3v) is 12.0. The Morgan fingerprint density at radius 3 is 1.79 bits per heavy atom. The molecule has 0 atom stereocenters. The van der Waals surface area contributed by atoms with E-state index in [1.165, 1.54) is 52.8 Å². The molecule has 1 heterocycles. The topological polar surface area (TPSA) is 107 Å². The van der Waals surface area contributed by atoms with Gasteiger partial charge < -0.3 is 14.7 Å². The zero-order chi connectivity index (χ0) is 30.9. The maximum absolute atomic E-state index is 13.9. The Kier molecular flexibility index (Phi) is 12.2. The summed E-state index contributed by atoms with van der Waals surface area (Å²) < 4.78 is 63.6. The number of aliphatic hydroxyl groups is 1. The van der Waals surface area contributed by atoms with Crippen molar-refractivity contribution in [2.45, 2.75) is 61.7 Å². The van der Waals surface area contributed by atoms with Crippen molar-refractivity contribution >= 4 is 20.0 Å². The van der Waals surface area contributed by atoms with Gasteiger partial charge in [-0.05, 0) is 93.6 Å². The Morgan fingerprint density at radius 1 is 0.767 bits per heavy atom. The molecule has 1 aliphatic heterocycles. The van der Waals surface area contributed by atoms with Gasteiger partial charge in [-0.1, -0.05) is 43.5 Å². The average molecular weight is 634 g/mol. The number of sulfonamides is 2. The predicted octanol–water partition coefficient (Wildman–Crippen LogP) is 4.28. The Bertz CT molecular complexity index is 1390. The molecule has 0 spiro atoms. The molecular weight excluding hydrogens is 587 g/mol. The summed E-state index contributed by atoms with van der Waals surface area (Å²) in [7, 11) is -7.70. The molecular formula is C32H47N3O6S2. The van der Waals surface area contributed by atoms with E-state index in [2.05, 4.69) is 11.5 Å². The number of aryl methyl sites for hydroxylation is 1. The second kappa shape index (κ2) is 15.6. The van der Waals surface area contributed by atoms with Crippen molar-refractivity contribution in [3.8, 4) is 5.75 Å². The standard InChI is InChI=1S/C32H47N3O6S2/c1-27-10-14-31(15-11-27)42(37,38)34-20-6-18-33(26-29-8-4-3-5-9-29)19-7-21-35(25-28(2)24-34)43(39,40)32-16-12-30(13-17-32)41-23-22-36/h10-17,29,36H,2-9,18-26H2,1H3. The minimum Gasteiger partial charge on any atom is -0.491 e. The van der Waals surface area contributed by atoms with Crippen molar-refractivity contribution in [1.29, 1.82) is 0 Å². The van der Waals surface area contributed by atoms with Crippen LogP contribution in [0.1, 0.15) is 50.5 Å². The first kappa shape index (κ1) is 33.6. The van der Waals surface area contributed by atoms with Crippen molar-refractivity contribution < 1.29 is 26.7 Å². The molecule has 0 aromatic heterocycles. The summed E-state index contributed by atoms with van der Waals surface area (Å²) in [5.74, 6) is 1.10. The van der Waals surface area contributed by atoms with Gasteiger partial charge in [-0.25, -0.2) is 16.8 Å². The van der Waals surface area contributed by atoms with Crippen LogP contribution in [-0.4, -0.2) is 94.5 Å². The van der Waals surface area contributed by atoms with Crippen LogP contribution < -0.4 is 4.74 Å². The lowest BCUT2D eigenvalue weighted by Crippen LogP contribution is -2.42. The van der Waals surface area contributed by atoms with Gasteiger partial charge in [0.05, 0.1) is 16.4 Å². The van der Waals surface area contributed by atoms with E-state index in [0.717, 1.165) is 25.2 Å². The van der Waals surface area contributed by atoms with Gasteiger partial charge in [0.25, 0.3) is 0 Å². The average Bonchev–Trinajstić information content (AvgIpc) is 2.99. The van der Waals surface area contributed by atoms with Gasteiger partial charge in [0.2, 0.25) is 20.0 Å². The Hall–Kier alpha value is -2.28. The maximum atomic E-state index is 13.9. The highest BCUT2D eigenvalue weighted by Crippen LogP contribution is 2.26. The lowest BCUT2D eigenvalue weighted by molar-refractivity contribution is 0.188. The number of ether oxygens (including phenoxy) is 1. The van der Waals surface area contributed by atoms with Crippen molar-refractivity contribution in [3.05, 3.63) is 66.2 Å². The SMILES string of the molecule is C=C1CN(S(=O)(=O)c2ccc(C)cc2)CCCN(CC2CCCCC2)CCCN(S(=O)(=O)c2ccc(OCCO)cc2)C1. The minimum absolute atomic E-state index is 0.0215. The third kappa shape index (κ3) is 9.36. The van der Waals surface area contributed by atoms with E-state index < -0.39 is 20.0 Å². The molecule has 4 rings (SSSR count). The molecule has 0 unspecified atom stereocenters. The summed E-state index contributed by atoms with van der Waals surface area (Å²) in [6, 6.07) is 13.0. The predicted molar refractivity (Wildman–Crippen MR) is 169 cm³/mol. The summed E-state index contributed by atoms with van der Waals surface area (Å²) in [5, 5.41) is 9.01. The molecule has 238 valence electrons. The second-order valence-electron chi connectivity index (χ2n) is 11.8. The van der Waals surface area contributed by atoms with Gasteiger partial charge in [-0.2, -0.15) is 8.61 Å². The van der Waals surface area contributed by atoms with Crippen molar-refractivity contribution in [3.63, 3.8) is 0 Å². The Labute approximate surface area is 258 Å². The third-order valence-electron chi connectivity index (χ3n) is 8.29. The fraction of sp³-hybridized carbons (Fsp3) is 0.562. The molecule has 2 fully saturated rings. The van der Waals surface area contributed by atoms with Crippen molar-refractivity contribution in [2.75, 3.05) is 59.0 Å². The van der Waals surface area contributed by atoms with E-state index in [0.29, 0.717) is 43.2 Å². The van der Waals surface area contributed by atoms with Gasteiger partial charge in [0.15, 0.2) is 0 Å². The van der Waals surface area contributed by atoms with Crippen molar-refractivity contribution in [2.24, 2.45) is 5.92 Å². The molecule has 0 radical (unpaired) electrons. The summed E-state index contributed by atoms with van der Waals surface area (Å²) in [6.07, 6.45) is 7.57. The van der Waals surface area contributed by atoms with Crippen LogP contribution in [0.2, 0.25) is 0 Å². The fourth-order valence-corrected chi connectivity index (χ4v) is 8.97. The molecule has 2 aliphatic rings. The summed E-state index contributed by atoms with van der Waals surface area (Å²) in [5.41, 5.74) is 1.49. The van der Waals surface area contributed by atoms with E-state index in [4.69, 9.17) is 9.84 Å². The van der Waals surface area contributed by atoms with Crippen LogP contribution in [0.15, 0.2) is 70.5 Å². The highest BCUT2D eigenvalue weighted by atomic mass is 32.2. The number of hydrogen-bond acceptors (Lipinski definition) is 7. The Balaban J connectivity index is 1.59. The largest absolute Gasteiger partial charge is 0.491 e. The highest BCUT2D eigenvalue weighted by molar-refractivity contribution is 7.89. The van der Waals surface area contributed by atoms with E-state index in [1.54, 1.807) is 36.4 Å². The molecule has 43 heavy (non-hydrogen) atoms. The highest BCUT2D eigenvalue weighted by Gasteiger charge is 2.30. The van der Waals surface area contributed by atoms with Crippen LogP contribution in [0.4, 0.5) is 0 Å². The van der Waals surface area contributed by atoms with E-state index in [1.807, 2.05) is 6.92 Å². The van der Waals surface area contributed by atoms with Gasteiger partial charge >= 0.3 is 0 Å². The summed E-state index contributed by atoms with van der Waals surface area (Å²) in [6.45, 7) is 9.20. The van der Waals surface area contributed by atoms with Crippen LogP contribution in [0.5, 0.6) is 5.75 Å². The first-order valence-electron chi connectivity index (χ1n) is 15.4. The van der Waals surface area contributed by atoms with E-state index in [9.17, 15) is 16.8 Å². The number of benzene rings is 2. The van der Waals surface area contributed by atoms with E-state index in [-0.39, 0.29) is 36.1 Å². The maximum Gasteiger partial charge on any atom is 0.243 e. The minimum atomic E-state index is -3.89. The fourth-order valence-electron chi connectivity index (χ4n) is 5.97. The molecule has 0 amide bonds. The van der Waals surface area contributed by atoms with Crippen molar-refractivity contribution in [1.82, 2.24) is 13.5 Å². The molecule has 0 bridgehead atoms. The summed E-state index contributed by atoms with van der Waals surface area (Å²) in [4.78, 5) is 2.76. The van der Waals surface area contributed by atoms with Gasteiger partial charge in [0.1, 0.15) is 12.4 Å². The number of aliphatic hydroxyl groups excluding tert-OH is 1. The lowest BCUT2D eigenvalue weighted by atomic mass is 9.89. The van der Waals surface area contributed by atoms with Crippen LogP contribution in [-0.2, 0) is 20.0 Å². The monoisotopic (exact) mass is 633 g/mol. The molecule has 2 aromatic rings. The second-order valence-corrected chi connectivity index (χ2v) is 15.7. The molecule has 2 aromatic carbocycles. The van der Waals surface area contributed by atoms with Crippen LogP contribution in [0.3, 0.4) is 0 Å². The molecule has 1 N–H and O–H groups in total. The molecule has 1 aliphatic carbocycles. The lowest BCUT2D eigenvalue weighted by Gasteiger charge is -2.33. The molecule has 9 nitrogen and oxygen atoms in total. The van der Waals surface area contributed by atoms with Gasteiger partial charge in [-0.15, -0.1) is 0 Å². The van der Waals surface area contributed by atoms with Crippen LogP contribution >= 0.6 is 0 Å².